The van der Waals surface area contributed by atoms with Gasteiger partial charge in [0.1, 0.15) is 0 Å². The zero-order valence-corrected chi connectivity index (χ0v) is 13.5. The Morgan fingerprint density at radius 2 is 2.00 bits per heavy atom. The standard InChI is InChI=1S/C16H24BrNO/c1-3-18(14-7-5-4-6-8-14)16-10-9-13(17)11-15(16)12(2)19/h9-12,14,19H,3-8H2,1-2H3. The third-order valence-corrected chi connectivity index (χ3v) is 4.60. The second kappa shape index (κ2) is 6.76. The molecule has 1 fully saturated rings. The lowest BCUT2D eigenvalue weighted by Gasteiger charge is -2.37. The molecule has 2 nitrogen and oxygen atoms in total. The second-order valence-corrected chi connectivity index (χ2v) is 6.37. The van der Waals surface area contributed by atoms with Gasteiger partial charge in [-0.05, 0) is 44.9 Å². The summed E-state index contributed by atoms with van der Waals surface area (Å²) >= 11 is 3.50. The lowest BCUT2D eigenvalue weighted by atomic mass is 9.93. The maximum absolute atomic E-state index is 10.0. The number of anilines is 1. The fraction of sp³-hybridized carbons (Fsp3) is 0.625. The minimum atomic E-state index is -0.426. The maximum atomic E-state index is 10.0. The Bertz CT molecular complexity index is 413. The minimum absolute atomic E-state index is 0.426. The molecule has 1 saturated carbocycles. The highest BCUT2D eigenvalue weighted by atomic mass is 79.9. The largest absolute Gasteiger partial charge is 0.389 e. The first-order valence-corrected chi connectivity index (χ1v) is 8.17. The molecule has 1 aliphatic rings. The zero-order valence-electron chi connectivity index (χ0n) is 11.9. The van der Waals surface area contributed by atoms with Gasteiger partial charge in [0.15, 0.2) is 0 Å². The first kappa shape index (κ1) is 14.9. The molecule has 0 aromatic heterocycles. The summed E-state index contributed by atoms with van der Waals surface area (Å²) in [4.78, 5) is 2.48. The van der Waals surface area contributed by atoms with Crippen molar-refractivity contribution in [1.29, 1.82) is 0 Å². The predicted molar refractivity (Wildman–Crippen MR) is 84.7 cm³/mol. The number of halogens is 1. The molecule has 3 heteroatoms. The van der Waals surface area contributed by atoms with Crippen LogP contribution in [0.25, 0.3) is 0 Å². The van der Waals surface area contributed by atoms with Gasteiger partial charge in [0, 0.05) is 28.3 Å². The van der Waals surface area contributed by atoms with Gasteiger partial charge in [-0.2, -0.15) is 0 Å². The average molecular weight is 326 g/mol. The van der Waals surface area contributed by atoms with Gasteiger partial charge >= 0.3 is 0 Å². The van der Waals surface area contributed by atoms with Crippen molar-refractivity contribution in [1.82, 2.24) is 0 Å². The molecule has 1 aromatic carbocycles. The van der Waals surface area contributed by atoms with E-state index in [-0.39, 0.29) is 0 Å². The highest BCUT2D eigenvalue weighted by Gasteiger charge is 2.23. The van der Waals surface area contributed by atoms with Crippen LogP contribution in [0.5, 0.6) is 0 Å². The van der Waals surface area contributed by atoms with Gasteiger partial charge in [0.25, 0.3) is 0 Å². The normalized spacial score (nSPS) is 18.3. The monoisotopic (exact) mass is 325 g/mol. The zero-order chi connectivity index (χ0) is 13.8. The Hall–Kier alpha value is -0.540. The van der Waals surface area contributed by atoms with Gasteiger partial charge in [0.05, 0.1) is 6.10 Å². The van der Waals surface area contributed by atoms with Crippen LogP contribution >= 0.6 is 15.9 Å². The highest BCUT2D eigenvalue weighted by Crippen LogP contribution is 2.33. The number of aliphatic hydroxyl groups is 1. The maximum Gasteiger partial charge on any atom is 0.0782 e. The Morgan fingerprint density at radius 3 is 2.58 bits per heavy atom. The van der Waals surface area contributed by atoms with Crippen LogP contribution in [-0.2, 0) is 0 Å². The van der Waals surface area contributed by atoms with Gasteiger partial charge < -0.3 is 10.0 Å². The quantitative estimate of drug-likeness (QED) is 0.870. The summed E-state index contributed by atoms with van der Waals surface area (Å²) in [6.07, 6.45) is 6.18. The van der Waals surface area contributed by atoms with Crippen LogP contribution < -0.4 is 4.90 Å². The van der Waals surface area contributed by atoms with Crippen molar-refractivity contribution in [2.75, 3.05) is 11.4 Å². The van der Waals surface area contributed by atoms with Gasteiger partial charge in [0.2, 0.25) is 0 Å². The molecule has 0 amide bonds. The number of hydrogen-bond acceptors (Lipinski definition) is 2. The van der Waals surface area contributed by atoms with Crippen LogP contribution in [0.1, 0.15) is 57.6 Å². The van der Waals surface area contributed by atoms with Crippen LogP contribution in [-0.4, -0.2) is 17.7 Å². The van der Waals surface area contributed by atoms with Crippen molar-refractivity contribution in [2.24, 2.45) is 0 Å². The fourth-order valence-electron chi connectivity index (χ4n) is 3.14. The second-order valence-electron chi connectivity index (χ2n) is 5.46. The SMILES string of the molecule is CCN(c1ccc(Br)cc1C(C)O)C1CCCCC1. The molecule has 0 heterocycles. The summed E-state index contributed by atoms with van der Waals surface area (Å²) in [6, 6.07) is 6.90. The number of benzene rings is 1. The van der Waals surface area contributed by atoms with Crippen LogP contribution in [0.3, 0.4) is 0 Å². The lowest BCUT2D eigenvalue weighted by molar-refractivity contribution is 0.199. The molecule has 1 aromatic rings. The van der Waals surface area contributed by atoms with Gasteiger partial charge in [-0.15, -0.1) is 0 Å². The molecule has 0 radical (unpaired) electrons. The molecule has 1 atom stereocenters. The van der Waals surface area contributed by atoms with E-state index in [0.717, 1.165) is 16.6 Å². The molecule has 1 N–H and O–H groups in total. The fourth-order valence-corrected chi connectivity index (χ4v) is 3.52. The van der Waals surface area contributed by atoms with Crippen molar-refractivity contribution in [3.05, 3.63) is 28.2 Å². The van der Waals surface area contributed by atoms with E-state index < -0.39 is 6.10 Å². The van der Waals surface area contributed by atoms with Crippen molar-refractivity contribution >= 4 is 21.6 Å². The van der Waals surface area contributed by atoms with Crippen molar-refractivity contribution in [3.63, 3.8) is 0 Å². The number of hydrogen-bond donors (Lipinski definition) is 1. The number of nitrogens with zero attached hydrogens (tertiary/aromatic N) is 1. The Morgan fingerprint density at radius 1 is 1.32 bits per heavy atom. The summed E-state index contributed by atoms with van der Waals surface area (Å²) < 4.78 is 1.03. The molecule has 106 valence electrons. The summed E-state index contributed by atoms with van der Waals surface area (Å²) in [5, 5.41) is 10.0. The molecule has 0 spiro atoms. The highest BCUT2D eigenvalue weighted by molar-refractivity contribution is 9.10. The lowest BCUT2D eigenvalue weighted by Crippen LogP contribution is -2.37. The molecule has 0 bridgehead atoms. The first-order chi connectivity index (χ1) is 9.13. The Labute approximate surface area is 124 Å². The summed E-state index contributed by atoms with van der Waals surface area (Å²) in [5.74, 6) is 0. The Kier molecular flexibility index (Phi) is 5.28. The van der Waals surface area contributed by atoms with E-state index >= 15 is 0 Å². The molecule has 0 saturated heterocycles. The first-order valence-electron chi connectivity index (χ1n) is 7.37. The third-order valence-electron chi connectivity index (χ3n) is 4.11. The van der Waals surface area contributed by atoms with E-state index in [1.165, 1.54) is 37.8 Å². The van der Waals surface area contributed by atoms with Crippen molar-refractivity contribution in [3.8, 4) is 0 Å². The van der Waals surface area contributed by atoms with E-state index in [9.17, 15) is 5.11 Å². The van der Waals surface area contributed by atoms with Gasteiger partial charge in [-0.25, -0.2) is 0 Å². The number of aliphatic hydroxyl groups excluding tert-OH is 1. The summed E-state index contributed by atoms with van der Waals surface area (Å²) in [6.45, 7) is 5.06. The van der Waals surface area contributed by atoms with E-state index in [2.05, 4.69) is 39.9 Å². The molecule has 1 unspecified atom stereocenters. The molecule has 19 heavy (non-hydrogen) atoms. The van der Waals surface area contributed by atoms with E-state index in [1.54, 1.807) is 0 Å². The van der Waals surface area contributed by atoms with Crippen LogP contribution in [0, 0.1) is 0 Å². The van der Waals surface area contributed by atoms with E-state index in [1.807, 2.05) is 13.0 Å². The number of rotatable bonds is 4. The summed E-state index contributed by atoms with van der Waals surface area (Å²) in [5.41, 5.74) is 2.23. The smallest absolute Gasteiger partial charge is 0.0782 e. The van der Waals surface area contributed by atoms with Crippen LogP contribution in [0.4, 0.5) is 5.69 Å². The van der Waals surface area contributed by atoms with Gasteiger partial charge in [-0.3, -0.25) is 0 Å². The van der Waals surface area contributed by atoms with Gasteiger partial charge in [-0.1, -0.05) is 35.2 Å². The van der Waals surface area contributed by atoms with E-state index in [0.29, 0.717) is 6.04 Å². The van der Waals surface area contributed by atoms with Crippen molar-refractivity contribution < 1.29 is 5.11 Å². The topological polar surface area (TPSA) is 23.5 Å². The van der Waals surface area contributed by atoms with Crippen LogP contribution in [0.2, 0.25) is 0 Å². The molecule has 1 aliphatic carbocycles. The van der Waals surface area contributed by atoms with E-state index in [4.69, 9.17) is 0 Å². The minimum Gasteiger partial charge on any atom is -0.389 e. The molecule has 2 rings (SSSR count). The average Bonchev–Trinajstić information content (AvgIpc) is 2.42. The molecular weight excluding hydrogens is 302 g/mol. The van der Waals surface area contributed by atoms with Crippen LogP contribution in [0.15, 0.2) is 22.7 Å². The third kappa shape index (κ3) is 3.51. The Balaban J connectivity index is 2.31. The summed E-state index contributed by atoms with van der Waals surface area (Å²) in [7, 11) is 0. The molecular formula is C16H24BrNO. The van der Waals surface area contributed by atoms with Crippen molar-refractivity contribution in [2.45, 2.75) is 58.1 Å². The predicted octanol–water partition coefficient (Wildman–Crippen LogP) is 4.66. The molecule has 0 aliphatic heterocycles.